The van der Waals surface area contributed by atoms with Crippen molar-refractivity contribution < 1.29 is 10.1 Å². The Hall–Kier alpha value is -1.52. The summed E-state index contributed by atoms with van der Waals surface area (Å²) in [4.78, 5) is 9.24. The SMILES string of the molecule is O=[N+]([O-])c1cccn1O. The third-order valence-corrected chi connectivity index (χ3v) is 0.894. The van der Waals surface area contributed by atoms with Gasteiger partial charge in [-0.25, -0.2) is 0 Å². The first-order valence-electron chi connectivity index (χ1n) is 2.23. The van der Waals surface area contributed by atoms with Gasteiger partial charge in [0.1, 0.15) is 6.20 Å². The van der Waals surface area contributed by atoms with Gasteiger partial charge in [-0.1, -0.05) is 0 Å². The van der Waals surface area contributed by atoms with Gasteiger partial charge in [0.15, 0.2) is 0 Å². The van der Waals surface area contributed by atoms with E-state index in [0.29, 0.717) is 4.73 Å². The fourth-order valence-corrected chi connectivity index (χ4v) is 0.508. The van der Waals surface area contributed by atoms with Crippen molar-refractivity contribution in [2.45, 2.75) is 0 Å². The molecule has 0 unspecified atom stereocenters. The van der Waals surface area contributed by atoms with Crippen LogP contribution in [0.15, 0.2) is 18.3 Å². The molecule has 1 heterocycles. The highest BCUT2D eigenvalue weighted by molar-refractivity contribution is 5.18. The Balaban J connectivity index is 3.08. The third kappa shape index (κ3) is 0.835. The van der Waals surface area contributed by atoms with E-state index in [1.807, 2.05) is 0 Å². The normalized spacial score (nSPS) is 9.33. The summed E-state index contributed by atoms with van der Waals surface area (Å²) in [6.45, 7) is 0. The fraction of sp³-hybridized carbons (Fsp3) is 0. The topological polar surface area (TPSA) is 68.3 Å². The van der Waals surface area contributed by atoms with Crippen LogP contribution in [-0.4, -0.2) is 14.9 Å². The first kappa shape index (κ1) is 5.61. The smallest absolute Gasteiger partial charge is 0.358 e. The van der Waals surface area contributed by atoms with Gasteiger partial charge in [0.25, 0.3) is 0 Å². The van der Waals surface area contributed by atoms with Crippen molar-refractivity contribution >= 4 is 5.82 Å². The lowest BCUT2D eigenvalue weighted by Crippen LogP contribution is -1.95. The molecule has 0 spiro atoms. The van der Waals surface area contributed by atoms with Crippen molar-refractivity contribution in [2.75, 3.05) is 0 Å². The molecule has 0 aromatic carbocycles. The minimum absolute atomic E-state index is 0.324. The van der Waals surface area contributed by atoms with Gasteiger partial charge in [-0.15, -0.1) is 0 Å². The standard InChI is InChI=1S/C4H4N2O3/c7-5-3-1-2-4(5)6(8)9/h1-3,7H. The third-order valence-electron chi connectivity index (χ3n) is 0.894. The van der Waals surface area contributed by atoms with Gasteiger partial charge >= 0.3 is 5.82 Å². The number of nitrogens with zero attached hydrogens (tertiary/aromatic N) is 2. The molecule has 1 aromatic heterocycles. The summed E-state index contributed by atoms with van der Waals surface area (Å²) < 4.78 is 0.458. The van der Waals surface area contributed by atoms with Gasteiger partial charge in [-0.05, 0) is 15.7 Å². The molecule has 0 aliphatic rings. The Bertz CT molecular complexity index is 229. The summed E-state index contributed by atoms with van der Waals surface area (Å²) in [6, 6.07) is 2.60. The largest absolute Gasteiger partial charge is 0.361 e. The van der Waals surface area contributed by atoms with E-state index in [4.69, 9.17) is 5.21 Å². The lowest BCUT2D eigenvalue weighted by Gasteiger charge is -1.89. The van der Waals surface area contributed by atoms with Crippen LogP contribution in [0.4, 0.5) is 5.82 Å². The molecule has 0 radical (unpaired) electrons. The molecule has 5 nitrogen and oxygen atoms in total. The second-order valence-corrected chi connectivity index (χ2v) is 1.47. The number of aromatic nitrogens is 1. The van der Waals surface area contributed by atoms with Crippen LogP contribution < -0.4 is 0 Å². The van der Waals surface area contributed by atoms with Crippen LogP contribution in [-0.2, 0) is 0 Å². The average molecular weight is 128 g/mol. The maximum Gasteiger partial charge on any atom is 0.361 e. The Labute approximate surface area is 50.3 Å². The molecule has 9 heavy (non-hydrogen) atoms. The second kappa shape index (κ2) is 1.77. The van der Waals surface area contributed by atoms with E-state index in [9.17, 15) is 10.1 Å². The van der Waals surface area contributed by atoms with Crippen LogP contribution >= 0.6 is 0 Å². The number of nitro groups is 1. The van der Waals surface area contributed by atoms with Crippen molar-refractivity contribution in [3.63, 3.8) is 0 Å². The molecule has 1 N–H and O–H groups in total. The quantitative estimate of drug-likeness (QED) is 0.342. The zero-order chi connectivity index (χ0) is 6.85. The van der Waals surface area contributed by atoms with Gasteiger partial charge in [0, 0.05) is 6.07 Å². The van der Waals surface area contributed by atoms with E-state index in [0.717, 1.165) is 0 Å². The van der Waals surface area contributed by atoms with Crippen LogP contribution in [0, 0.1) is 10.1 Å². The summed E-state index contributed by atoms with van der Waals surface area (Å²) in [6.07, 6.45) is 1.19. The summed E-state index contributed by atoms with van der Waals surface area (Å²) in [5.74, 6) is -0.324. The summed E-state index contributed by atoms with van der Waals surface area (Å²) in [5.41, 5.74) is 0. The predicted molar refractivity (Wildman–Crippen MR) is 28.3 cm³/mol. The molecule has 0 saturated heterocycles. The minimum atomic E-state index is -0.667. The zero-order valence-corrected chi connectivity index (χ0v) is 4.39. The molecule has 1 aromatic rings. The fourth-order valence-electron chi connectivity index (χ4n) is 0.508. The molecule has 0 aliphatic heterocycles. The lowest BCUT2D eigenvalue weighted by molar-refractivity contribution is -0.396. The van der Waals surface area contributed by atoms with Gasteiger partial charge in [0.2, 0.25) is 0 Å². The number of rotatable bonds is 1. The number of hydrogen-bond acceptors (Lipinski definition) is 3. The lowest BCUT2D eigenvalue weighted by atomic mass is 10.6. The predicted octanol–water partition coefficient (Wildman–Crippen LogP) is 0.634. The highest BCUT2D eigenvalue weighted by Gasteiger charge is 2.08. The zero-order valence-electron chi connectivity index (χ0n) is 4.39. The van der Waals surface area contributed by atoms with Crippen LogP contribution in [0.5, 0.6) is 0 Å². The van der Waals surface area contributed by atoms with E-state index >= 15 is 0 Å². The molecular formula is C4H4N2O3. The first-order chi connectivity index (χ1) is 4.22. The van der Waals surface area contributed by atoms with Gasteiger partial charge in [-0.2, -0.15) is 0 Å². The average Bonchev–Trinajstić information content (AvgIpc) is 2.13. The molecule has 5 heteroatoms. The Morgan fingerprint density at radius 1 is 1.78 bits per heavy atom. The number of hydrogen-bond donors (Lipinski definition) is 1. The van der Waals surface area contributed by atoms with Crippen LogP contribution in [0.3, 0.4) is 0 Å². The monoisotopic (exact) mass is 128 g/mol. The Morgan fingerprint density at radius 3 is 2.67 bits per heavy atom. The molecule has 0 fully saturated rings. The van der Waals surface area contributed by atoms with Crippen molar-refractivity contribution in [1.82, 2.24) is 4.73 Å². The van der Waals surface area contributed by atoms with Crippen molar-refractivity contribution in [3.8, 4) is 0 Å². The van der Waals surface area contributed by atoms with Crippen LogP contribution in [0.25, 0.3) is 0 Å². The van der Waals surface area contributed by atoms with Crippen molar-refractivity contribution in [1.29, 1.82) is 0 Å². The van der Waals surface area contributed by atoms with Crippen molar-refractivity contribution in [2.24, 2.45) is 0 Å². The molecule has 0 bridgehead atoms. The van der Waals surface area contributed by atoms with Crippen LogP contribution in [0.1, 0.15) is 0 Å². The van der Waals surface area contributed by atoms with Gasteiger partial charge < -0.3 is 15.3 Å². The van der Waals surface area contributed by atoms with E-state index in [1.165, 1.54) is 18.3 Å². The van der Waals surface area contributed by atoms with Crippen molar-refractivity contribution in [3.05, 3.63) is 28.4 Å². The van der Waals surface area contributed by atoms with E-state index in [2.05, 4.69) is 0 Å². The van der Waals surface area contributed by atoms with E-state index in [1.54, 1.807) is 0 Å². The maximum absolute atomic E-state index is 9.91. The highest BCUT2D eigenvalue weighted by atomic mass is 16.6. The van der Waals surface area contributed by atoms with Gasteiger partial charge in [-0.3, -0.25) is 0 Å². The van der Waals surface area contributed by atoms with Gasteiger partial charge in [0.05, 0.1) is 0 Å². The molecule has 0 amide bonds. The molecule has 0 aliphatic carbocycles. The van der Waals surface area contributed by atoms with E-state index in [-0.39, 0.29) is 5.82 Å². The molecular weight excluding hydrogens is 124 g/mol. The van der Waals surface area contributed by atoms with E-state index < -0.39 is 4.92 Å². The maximum atomic E-state index is 9.91. The summed E-state index contributed by atoms with van der Waals surface area (Å²) in [7, 11) is 0. The Kier molecular flexibility index (Phi) is 1.11. The summed E-state index contributed by atoms with van der Waals surface area (Å²) >= 11 is 0. The Morgan fingerprint density at radius 2 is 2.44 bits per heavy atom. The molecule has 48 valence electrons. The first-order valence-corrected chi connectivity index (χ1v) is 2.23. The summed E-state index contributed by atoms with van der Waals surface area (Å²) in [5, 5.41) is 18.5. The second-order valence-electron chi connectivity index (χ2n) is 1.47. The molecule has 0 saturated carbocycles. The minimum Gasteiger partial charge on any atom is -0.358 e. The van der Waals surface area contributed by atoms with Crippen LogP contribution in [0.2, 0.25) is 0 Å². The molecule has 1 rings (SSSR count). The highest BCUT2D eigenvalue weighted by Crippen LogP contribution is 2.07. The molecule has 0 atom stereocenters.